The van der Waals surface area contributed by atoms with E-state index in [9.17, 15) is 35.9 Å². The Morgan fingerprint density at radius 3 is 2.43 bits per heavy atom. The van der Waals surface area contributed by atoms with E-state index in [-0.39, 0.29) is 59.8 Å². The summed E-state index contributed by atoms with van der Waals surface area (Å²) in [6.07, 6.45) is -3.05. The molecule has 4 N–H and O–H groups in total. The fourth-order valence-corrected chi connectivity index (χ4v) is 9.51. The summed E-state index contributed by atoms with van der Waals surface area (Å²) in [5.74, 6) is -8.44. The summed E-state index contributed by atoms with van der Waals surface area (Å²) in [4.78, 5) is 23.6. The van der Waals surface area contributed by atoms with Gasteiger partial charge in [0.1, 0.15) is 29.6 Å². The Bertz CT molecular complexity index is 2760. The molecule has 6 aromatic rings. The van der Waals surface area contributed by atoms with Crippen molar-refractivity contribution in [2.45, 2.75) is 76.5 Å². The molecule has 0 saturated heterocycles. The molecule has 8 rings (SSSR count). The number of amides is 1. The van der Waals surface area contributed by atoms with Gasteiger partial charge in [-0.05, 0) is 75.8 Å². The lowest BCUT2D eigenvalue weighted by Gasteiger charge is -2.34. The van der Waals surface area contributed by atoms with Crippen molar-refractivity contribution in [3.8, 4) is 11.1 Å². The second kappa shape index (κ2) is 15.0. The SMILES string of the molecule is CCS(=O)(=O)Nc1nn(C)c2c(-c3cc4sc(NCC(C)(C)O)nc4nc3[C@H](Cc3cc(F)cc(F)c3)NC(=O)Cn3nc(C(F)F)c4c3C(F)(F)[C@@H]3CC[C@H]43)cccc12. The number of aromatic nitrogens is 6. The Morgan fingerprint density at radius 1 is 1.05 bits per heavy atom. The van der Waals surface area contributed by atoms with Crippen molar-refractivity contribution in [3.63, 3.8) is 0 Å². The minimum atomic E-state index is -3.76. The van der Waals surface area contributed by atoms with Crippen LogP contribution in [-0.2, 0) is 40.8 Å². The van der Waals surface area contributed by atoms with Crippen LogP contribution in [0.4, 0.5) is 37.3 Å². The van der Waals surface area contributed by atoms with Gasteiger partial charge in [0, 0.05) is 47.7 Å². The Hall–Kier alpha value is -5.28. The van der Waals surface area contributed by atoms with Crippen molar-refractivity contribution in [1.29, 1.82) is 0 Å². The number of fused-ring (bicyclic) bond motifs is 5. The summed E-state index contributed by atoms with van der Waals surface area (Å²) in [6, 6.07) is 8.25. The molecule has 13 nitrogen and oxygen atoms in total. The van der Waals surface area contributed by atoms with Crippen molar-refractivity contribution in [2.75, 3.05) is 22.3 Å². The summed E-state index contributed by atoms with van der Waals surface area (Å²) < 4.78 is 120. The highest BCUT2D eigenvalue weighted by Crippen LogP contribution is 2.63. The van der Waals surface area contributed by atoms with Gasteiger partial charge in [0.15, 0.2) is 16.6 Å². The lowest BCUT2D eigenvalue weighted by atomic mass is 9.73. The third kappa shape index (κ3) is 7.66. The number of carbonyl (C=O) groups is 1. The fourth-order valence-electron chi connectivity index (χ4n) is 8.07. The summed E-state index contributed by atoms with van der Waals surface area (Å²) in [5, 5.41) is 25.2. The molecule has 0 radical (unpaired) electrons. The number of halogens is 6. The van der Waals surface area contributed by atoms with E-state index in [0.717, 1.165) is 12.1 Å². The van der Waals surface area contributed by atoms with Gasteiger partial charge in [-0.1, -0.05) is 23.5 Å². The number of carbonyl (C=O) groups excluding carboxylic acids is 1. The first-order chi connectivity index (χ1) is 28.2. The highest BCUT2D eigenvalue weighted by molar-refractivity contribution is 7.92. The number of aryl methyl sites for hydroxylation is 1. The summed E-state index contributed by atoms with van der Waals surface area (Å²) >= 11 is 1.20. The van der Waals surface area contributed by atoms with Gasteiger partial charge in [0.25, 0.3) is 12.3 Å². The maximum atomic E-state index is 15.7. The van der Waals surface area contributed by atoms with Crippen molar-refractivity contribution < 1.29 is 44.7 Å². The second-order valence-corrected chi connectivity index (χ2v) is 18.8. The summed E-state index contributed by atoms with van der Waals surface area (Å²) in [6.45, 7) is 3.90. The number of hydrogen-bond donors (Lipinski definition) is 4. The number of anilines is 2. The first-order valence-electron chi connectivity index (χ1n) is 19.0. The quantitative estimate of drug-likeness (QED) is 0.0821. The molecule has 0 unspecified atom stereocenters. The number of benzene rings is 2. The number of rotatable bonds is 14. The zero-order chi connectivity index (χ0) is 43.1. The standard InChI is InChI=1S/C39H39F6N9O4S2/c1-5-60(57,58)52-35-23-8-6-7-21(32(23)53(4)51-35)24-15-27-36(49-37(59-27)46-17-38(2,3)56)48-30(24)26(13-18-11-19(40)14-20(41)12-18)47-28(55)16-54-33-29(31(50-54)34(42)43)22-9-10-25(22)39(33,44)45/h6-8,11-12,14-15,22,25-26,34,56H,5,9-10,13,16-17H2,1-4H3,(H,47,55)(H,51,52)(H,46,48,49)/t22-,25+,26-/m0/s1. The number of thiazole rings is 1. The molecule has 0 bridgehead atoms. The number of aliphatic hydroxyl groups is 1. The molecule has 318 valence electrons. The molecule has 3 atom stereocenters. The molecule has 2 aliphatic rings. The predicted molar refractivity (Wildman–Crippen MR) is 212 cm³/mol. The first kappa shape index (κ1) is 41.5. The average molecular weight is 876 g/mol. The van der Waals surface area contributed by atoms with Crippen molar-refractivity contribution in [1.82, 2.24) is 34.8 Å². The first-order valence-corrected chi connectivity index (χ1v) is 21.5. The third-order valence-corrected chi connectivity index (χ3v) is 13.1. The molecule has 1 saturated carbocycles. The highest BCUT2D eigenvalue weighted by atomic mass is 32.2. The van der Waals surface area contributed by atoms with Gasteiger partial charge in [-0.3, -0.25) is 18.9 Å². The fraction of sp³-hybridized carbons (Fsp3) is 0.410. The van der Waals surface area contributed by atoms with Crippen molar-refractivity contribution in [2.24, 2.45) is 13.0 Å². The summed E-state index contributed by atoms with van der Waals surface area (Å²) in [5.41, 5.74) is -1.28. The Labute approximate surface area is 343 Å². The number of hydrogen-bond acceptors (Lipinski definition) is 10. The number of alkyl halides is 4. The maximum Gasteiger partial charge on any atom is 0.293 e. The van der Waals surface area contributed by atoms with Crippen molar-refractivity contribution in [3.05, 3.63) is 82.3 Å². The minimum Gasteiger partial charge on any atom is -0.389 e. The zero-order valence-corrected chi connectivity index (χ0v) is 34.2. The molecule has 4 heterocycles. The van der Waals surface area contributed by atoms with E-state index in [2.05, 4.69) is 30.5 Å². The van der Waals surface area contributed by atoms with E-state index in [4.69, 9.17) is 4.98 Å². The van der Waals surface area contributed by atoms with Gasteiger partial charge >= 0.3 is 0 Å². The van der Waals surface area contributed by atoms with Gasteiger partial charge in [-0.15, -0.1) is 0 Å². The minimum absolute atomic E-state index is 0.0444. The number of nitrogens with one attached hydrogen (secondary N) is 3. The molecule has 0 spiro atoms. The lowest BCUT2D eigenvalue weighted by Crippen LogP contribution is -2.36. The van der Waals surface area contributed by atoms with E-state index in [1.54, 1.807) is 45.2 Å². The molecule has 2 aromatic carbocycles. The molecular weight excluding hydrogens is 837 g/mol. The van der Waals surface area contributed by atoms with Crippen LogP contribution in [0.25, 0.3) is 32.4 Å². The van der Waals surface area contributed by atoms with E-state index < -0.39 is 81.3 Å². The smallest absolute Gasteiger partial charge is 0.293 e. The van der Waals surface area contributed by atoms with Crippen molar-refractivity contribution >= 4 is 59.5 Å². The maximum absolute atomic E-state index is 15.7. The van der Waals surface area contributed by atoms with E-state index in [1.165, 1.54) is 22.9 Å². The average Bonchev–Trinajstić information content (AvgIpc) is 3.84. The van der Waals surface area contributed by atoms with Crippen LogP contribution >= 0.6 is 11.3 Å². The lowest BCUT2D eigenvalue weighted by molar-refractivity contribution is -0.123. The normalized spacial score (nSPS) is 17.8. The number of pyridine rings is 1. The van der Waals surface area contributed by atoms with Crippen LogP contribution in [0.1, 0.15) is 80.2 Å². The van der Waals surface area contributed by atoms with Crippen LogP contribution in [0, 0.1) is 17.6 Å². The second-order valence-electron chi connectivity index (χ2n) is 15.7. The Kier molecular flexibility index (Phi) is 10.4. The topological polar surface area (TPSA) is 169 Å². The third-order valence-electron chi connectivity index (χ3n) is 10.8. The van der Waals surface area contributed by atoms with Gasteiger partial charge in [-0.2, -0.15) is 19.0 Å². The van der Waals surface area contributed by atoms with Gasteiger partial charge in [0.2, 0.25) is 15.9 Å². The zero-order valence-electron chi connectivity index (χ0n) is 32.5. The van der Waals surface area contributed by atoms with E-state index in [1.807, 2.05) is 0 Å². The molecule has 1 amide bonds. The van der Waals surface area contributed by atoms with Gasteiger partial charge in [-0.25, -0.2) is 35.9 Å². The molecular formula is C39H39F6N9O4S2. The molecule has 21 heteroatoms. The largest absolute Gasteiger partial charge is 0.389 e. The Morgan fingerprint density at radius 2 is 1.78 bits per heavy atom. The van der Waals surface area contributed by atoms with Crippen LogP contribution in [0.5, 0.6) is 0 Å². The molecule has 4 aromatic heterocycles. The molecule has 1 fully saturated rings. The number of para-hydroxylation sites is 1. The number of nitrogens with zero attached hydrogens (tertiary/aromatic N) is 6. The van der Waals surface area contributed by atoms with Crippen LogP contribution in [0.2, 0.25) is 0 Å². The highest BCUT2D eigenvalue weighted by Gasteiger charge is 2.62. The van der Waals surface area contributed by atoms with Gasteiger partial charge in [0.05, 0.1) is 33.3 Å². The monoisotopic (exact) mass is 875 g/mol. The van der Waals surface area contributed by atoms with Crippen LogP contribution in [-0.4, -0.2) is 66.9 Å². The predicted octanol–water partition coefficient (Wildman–Crippen LogP) is 7.30. The van der Waals surface area contributed by atoms with E-state index in [0.29, 0.717) is 42.6 Å². The van der Waals surface area contributed by atoms with Gasteiger partial charge < -0.3 is 15.7 Å². The molecule has 0 aliphatic heterocycles. The van der Waals surface area contributed by atoms with E-state index >= 15 is 8.78 Å². The van der Waals surface area contributed by atoms with Crippen LogP contribution in [0.3, 0.4) is 0 Å². The summed E-state index contributed by atoms with van der Waals surface area (Å²) in [7, 11) is -2.17. The van der Waals surface area contributed by atoms with Crippen LogP contribution < -0.4 is 15.4 Å². The molecule has 60 heavy (non-hydrogen) atoms. The Balaban J connectivity index is 1.28. The van der Waals surface area contributed by atoms with Crippen LogP contribution in [0.15, 0.2) is 42.5 Å². The molecule has 2 aliphatic carbocycles. The number of sulfonamides is 1.